The average molecular weight is 1290 g/mol. The Morgan fingerprint density at radius 2 is 0.667 bits per heavy atom. The summed E-state index contributed by atoms with van der Waals surface area (Å²) in [6.07, 6.45) is 61.6. The lowest BCUT2D eigenvalue weighted by molar-refractivity contribution is -0.509. The van der Waals surface area contributed by atoms with Crippen LogP contribution in [0.5, 0.6) is 5.75 Å². The summed E-state index contributed by atoms with van der Waals surface area (Å²) in [5.41, 5.74) is -9.09. The van der Waals surface area contributed by atoms with E-state index >= 15 is 0 Å². The van der Waals surface area contributed by atoms with Gasteiger partial charge in [-0.05, 0) is 63.8 Å². The number of halogens is 1. The second-order valence-corrected chi connectivity index (χ2v) is 29.6. The Kier molecular flexibility index (Phi) is 50.5. The van der Waals surface area contributed by atoms with E-state index in [1.54, 1.807) is 24.3 Å². The number of hydrogen-bond donors (Lipinski definition) is 5. The smallest absolute Gasteiger partial charge is 0.360 e. The highest BCUT2D eigenvalue weighted by Gasteiger charge is 2.79. The lowest BCUT2D eigenvalue weighted by Crippen LogP contribution is -2.85. The highest BCUT2D eigenvalue weighted by molar-refractivity contribution is 6.30. The fourth-order valence-corrected chi connectivity index (χ4v) is 14.5. The van der Waals surface area contributed by atoms with Gasteiger partial charge < -0.3 is 39.7 Å². The van der Waals surface area contributed by atoms with Crippen LogP contribution in [0.15, 0.2) is 24.3 Å². The third-order valence-electron chi connectivity index (χ3n) is 20.5. The topological polar surface area (TPSA) is 146 Å². The van der Waals surface area contributed by atoms with E-state index < -0.39 is 46.6 Å². The molecule has 0 amide bonds. The van der Waals surface area contributed by atoms with Gasteiger partial charge in [0.15, 0.2) is 11.2 Å². The maximum absolute atomic E-state index is 14.8. The van der Waals surface area contributed by atoms with Crippen molar-refractivity contribution in [2.75, 3.05) is 0 Å². The first-order valence-corrected chi connectivity index (χ1v) is 39.9. The van der Waals surface area contributed by atoms with Crippen LogP contribution >= 0.6 is 11.6 Å². The zero-order valence-corrected chi connectivity index (χ0v) is 60.9. The van der Waals surface area contributed by atoms with E-state index in [2.05, 4.69) is 27.7 Å². The van der Waals surface area contributed by atoms with Crippen LogP contribution < -0.4 is 4.74 Å². The molecule has 0 spiro atoms. The molecule has 1 aliphatic heterocycles. The summed E-state index contributed by atoms with van der Waals surface area (Å²) in [6, 6.07) is 6.61. The number of hydrogen-bond acceptors (Lipinski definition) is 9. The summed E-state index contributed by atoms with van der Waals surface area (Å²) in [7, 11) is 0. The summed E-state index contributed by atoms with van der Waals surface area (Å²) < 4.78 is 19.0. The number of rotatable bonds is 65. The van der Waals surface area contributed by atoms with E-state index in [-0.39, 0.29) is 25.7 Å². The maximum atomic E-state index is 14.8. The predicted octanol–water partition coefficient (Wildman–Crippen LogP) is 24.1. The van der Waals surface area contributed by atoms with E-state index in [0.29, 0.717) is 42.9 Å². The van der Waals surface area contributed by atoms with Crippen LogP contribution in [0.3, 0.4) is 0 Å². The molecule has 9 nitrogen and oxygen atoms in total. The van der Waals surface area contributed by atoms with Gasteiger partial charge in [0.25, 0.3) is 0 Å². The summed E-state index contributed by atoms with van der Waals surface area (Å²) in [5.74, 6) is -3.86. The van der Waals surface area contributed by atoms with Crippen LogP contribution in [0.1, 0.15) is 427 Å². The molecular weight excluding hydrogens is 1140 g/mol. The second-order valence-electron chi connectivity index (χ2n) is 29.2. The van der Waals surface area contributed by atoms with E-state index in [0.717, 1.165) is 89.9 Å². The van der Waals surface area contributed by atoms with Gasteiger partial charge in [-0.3, -0.25) is 0 Å². The van der Waals surface area contributed by atoms with Crippen molar-refractivity contribution in [2.45, 2.75) is 467 Å². The molecule has 1 saturated heterocycles. The van der Waals surface area contributed by atoms with Gasteiger partial charge in [0.05, 0.1) is 6.10 Å². The van der Waals surface area contributed by atoms with Crippen LogP contribution in [0, 0.1) is 0 Å². The van der Waals surface area contributed by atoms with Crippen molar-refractivity contribution in [3.05, 3.63) is 29.3 Å². The largest absolute Gasteiger partial charge is 0.476 e. The molecule has 5 N–H and O–H groups in total. The average Bonchev–Trinajstić information content (AvgIpc) is 0.688. The number of ether oxygens (including phenoxy) is 3. The monoisotopic (exact) mass is 1290 g/mol. The first kappa shape index (κ1) is 84.6. The molecule has 0 bridgehead atoms. The minimum absolute atomic E-state index is 0.0385. The SMILES string of the molecule is CCCCCCCCCCCCCCCCC(O)[C@H]1O[C@](O)(OC(=O)C(C)(C)Oc2ccc(Cl)cc2)[C@@](O)(CCCCCCCCCCCCCCCC)[C@](O)(CCCCCCCCCCCCCCCC)[C@@]1(O)CCCCCCCCCCCCCCCC. The third-order valence-corrected chi connectivity index (χ3v) is 20.7. The van der Waals surface area contributed by atoms with Crippen molar-refractivity contribution in [2.24, 2.45) is 0 Å². The molecule has 1 unspecified atom stereocenters. The molecule has 2 rings (SSSR count). The summed E-state index contributed by atoms with van der Waals surface area (Å²) in [4.78, 5) is 14.8. The van der Waals surface area contributed by atoms with Crippen molar-refractivity contribution in [1.82, 2.24) is 0 Å². The summed E-state index contributed by atoms with van der Waals surface area (Å²) in [5, 5.41) is 68.1. The maximum Gasteiger partial charge on any atom is 0.360 e. The molecule has 0 saturated carbocycles. The molecule has 1 aromatic rings. The number of carbonyl (C=O) groups is 1. The Morgan fingerprint density at radius 1 is 0.411 bits per heavy atom. The number of aliphatic hydroxyl groups excluding tert-OH is 1. The minimum atomic E-state index is -3.17. The molecule has 1 aliphatic rings. The first-order chi connectivity index (χ1) is 43.6. The lowest BCUT2D eigenvalue weighted by Gasteiger charge is -2.63. The quantitative estimate of drug-likeness (QED) is 0.0244. The number of carbonyl (C=O) groups excluding carboxylic acids is 1. The van der Waals surface area contributed by atoms with Crippen LogP contribution in [-0.2, 0) is 14.3 Å². The molecular formula is C80H149ClO9. The molecule has 6 atom stereocenters. The lowest BCUT2D eigenvalue weighted by atomic mass is 9.58. The minimum Gasteiger partial charge on any atom is -0.476 e. The van der Waals surface area contributed by atoms with Crippen molar-refractivity contribution in [3.63, 3.8) is 0 Å². The number of esters is 1. The van der Waals surface area contributed by atoms with Crippen molar-refractivity contribution >= 4 is 17.6 Å². The molecule has 0 aliphatic carbocycles. The van der Waals surface area contributed by atoms with Gasteiger partial charge in [-0.15, -0.1) is 0 Å². The van der Waals surface area contributed by atoms with Gasteiger partial charge in [0.1, 0.15) is 23.1 Å². The van der Waals surface area contributed by atoms with Gasteiger partial charge in [0.2, 0.25) is 0 Å². The molecule has 90 heavy (non-hydrogen) atoms. The Hall–Kier alpha value is -1.46. The molecule has 10 heteroatoms. The van der Waals surface area contributed by atoms with E-state index in [1.165, 1.54) is 251 Å². The molecule has 530 valence electrons. The van der Waals surface area contributed by atoms with E-state index in [1.807, 2.05) is 0 Å². The van der Waals surface area contributed by atoms with Gasteiger partial charge in [-0.1, -0.05) is 399 Å². The standard InChI is InChI=1S/C80H149ClO9/c1-7-11-15-19-23-27-31-35-39-43-47-51-55-59-63-73(82)74-77(84,68-60-56-52-48-44-40-36-32-28-24-20-16-12-8-2)78(85,69-61-57-53-49-45-41-37-33-29-25-21-17-13-9-3)79(86,70-62-58-54-50-46-42-38-34-30-26-22-18-14-10-4)80(87,89-74)90-75(83)76(5,6)88-72-66-64-71(81)65-67-72/h64-67,73-74,82,84-87H,7-63,68-70H2,1-6H3/t73?,74-,77-,78+,79-,80+/m1/s1. The normalized spacial score (nSPS) is 20.7. The summed E-state index contributed by atoms with van der Waals surface area (Å²) in [6.45, 7) is 12.1. The van der Waals surface area contributed by atoms with Crippen LogP contribution in [0.25, 0.3) is 0 Å². The summed E-state index contributed by atoms with van der Waals surface area (Å²) >= 11 is 6.23. The van der Waals surface area contributed by atoms with Gasteiger partial charge in [0, 0.05) is 5.02 Å². The van der Waals surface area contributed by atoms with Gasteiger partial charge in [-0.25, -0.2) is 4.79 Å². The molecule has 0 aromatic heterocycles. The van der Waals surface area contributed by atoms with Crippen molar-refractivity contribution in [3.8, 4) is 5.75 Å². The molecule has 1 heterocycles. The molecule has 1 fully saturated rings. The van der Waals surface area contributed by atoms with Gasteiger partial charge in [-0.2, -0.15) is 0 Å². The Bertz CT molecular complexity index is 1780. The zero-order chi connectivity index (χ0) is 65.8. The fourth-order valence-electron chi connectivity index (χ4n) is 14.4. The van der Waals surface area contributed by atoms with Crippen LogP contribution in [0.4, 0.5) is 0 Å². The molecule has 1 aromatic carbocycles. The number of benzene rings is 1. The molecule has 0 radical (unpaired) electrons. The Balaban J connectivity index is 2.48. The highest BCUT2D eigenvalue weighted by Crippen LogP contribution is 2.56. The Labute approximate surface area is 561 Å². The predicted molar refractivity (Wildman–Crippen MR) is 383 cm³/mol. The van der Waals surface area contributed by atoms with Crippen molar-refractivity contribution in [1.29, 1.82) is 0 Å². The zero-order valence-electron chi connectivity index (χ0n) is 60.1. The van der Waals surface area contributed by atoms with Gasteiger partial charge >= 0.3 is 11.9 Å². The van der Waals surface area contributed by atoms with E-state index in [9.17, 15) is 30.3 Å². The number of aliphatic hydroxyl groups is 5. The number of unbranched alkanes of at least 4 members (excludes halogenated alkanes) is 52. The highest BCUT2D eigenvalue weighted by atomic mass is 35.5. The fraction of sp³-hybridized carbons (Fsp3) is 0.912. The van der Waals surface area contributed by atoms with E-state index in [4.69, 9.17) is 25.8 Å². The van der Waals surface area contributed by atoms with Crippen LogP contribution in [0.2, 0.25) is 5.02 Å². The second kappa shape index (κ2) is 53.7. The third kappa shape index (κ3) is 35.5. The van der Waals surface area contributed by atoms with Crippen LogP contribution in [-0.4, -0.2) is 72.1 Å². The van der Waals surface area contributed by atoms with Crippen molar-refractivity contribution < 1.29 is 44.5 Å². The Morgan fingerprint density at radius 3 is 0.967 bits per heavy atom. The first-order valence-electron chi connectivity index (χ1n) is 39.5.